The summed E-state index contributed by atoms with van der Waals surface area (Å²) >= 11 is 0. The molecule has 1 aliphatic carbocycles. The van der Waals surface area contributed by atoms with Crippen molar-refractivity contribution in [2.45, 2.75) is 71.1 Å². The molecular weight excluding hydrogens is 174 g/mol. The van der Waals surface area contributed by atoms with Crippen molar-refractivity contribution in [3.05, 3.63) is 0 Å². The van der Waals surface area contributed by atoms with Crippen LogP contribution in [0.5, 0.6) is 0 Å². The molecule has 0 aromatic rings. The van der Waals surface area contributed by atoms with Crippen molar-refractivity contribution in [3.8, 4) is 0 Å². The van der Waals surface area contributed by atoms with Crippen molar-refractivity contribution in [1.82, 2.24) is 5.32 Å². The first-order valence-corrected chi connectivity index (χ1v) is 6.16. The summed E-state index contributed by atoms with van der Waals surface area (Å²) in [5, 5.41) is 3.55. The molecule has 0 amide bonds. The summed E-state index contributed by atoms with van der Waals surface area (Å²) in [7, 11) is 0. The molecule has 1 rings (SSSR count). The van der Waals surface area contributed by atoms with Crippen LogP contribution in [0, 0.1) is 0 Å². The fourth-order valence-electron chi connectivity index (χ4n) is 1.88. The van der Waals surface area contributed by atoms with E-state index in [1.54, 1.807) is 0 Å². The van der Waals surface area contributed by atoms with E-state index < -0.39 is 0 Å². The van der Waals surface area contributed by atoms with Gasteiger partial charge >= 0.3 is 0 Å². The van der Waals surface area contributed by atoms with Gasteiger partial charge in [-0.05, 0) is 45.6 Å². The molecule has 0 aromatic carbocycles. The first-order valence-electron chi connectivity index (χ1n) is 6.16. The highest BCUT2D eigenvalue weighted by molar-refractivity contribution is 4.77. The molecule has 0 aliphatic heterocycles. The van der Waals surface area contributed by atoms with E-state index in [4.69, 9.17) is 4.74 Å². The number of hydrogen-bond donors (Lipinski definition) is 1. The smallest absolute Gasteiger partial charge is 0.0703 e. The monoisotopic (exact) mass is 199 g/mol. The third kappa shape index (κ3) is 3.58. The highest BCUT2D eigenvalue weighted by Gasteiger charge is 2.23. The Morgan fingerprint density at radius 3 is 2.50 bits per heavy atom. The van der Waals surface area contributed by atoms with Gasteiger partial charge in [-0.2, -0.15) is 0 Å². The van der Waals surface area contributed by atoms with E-state index in [0.717, 1.165) is 13.0 Å². The molecule has 2 nitrogen and oxygen atoms in total. The van der Waals surface area contributed by atoms with Crippen molar-refractivity contribution in [1.29, 1.82) is 0 Å². The second kappa shape index (κ2) is 6.41. The van der Waals surface area contributed by atoms with Gasteiger partial charge in [0.1, 0.15) is 0 Å². The van der Waals surface area contributed by atoms with Crippen LogP contribution in [0.2, 0.25) is 0 Å². The fraction of sp³-hybridized carbons (Fsp3) is 1.00. The molecule has 2 heteroatoms. The van der Waals surface area contributed by atoms with Gasteiger partial charge in [0.25, 0.3) is 0 Å². The van der Waals surface area contributed by atoms with Crippen molar-refractivity contribution >= 4 is 0 Å². The summed E-state index contributed by atoms with van der Waals surface area (Å²) < 4.78 is 5.97. The average molecular weight is 199 g/mol. The van der Waals surface area contributed by atoms with E-state index in [-0.39, 0.29) is 0 Å². The maximum absolute atomic E-state index is 5.97. The normalized spacial score (nSPS) is 21.6. The molecule has 1 saturated carbocycles. The Kier molecular flexibility index (Phi) is 5.49. The quantitative estimate of drug-likeness (QED) is 0.680. The van der Waals surface area contributed by atoms with Crippen LogP contribution in [-0.4, -0.2) is 24.8 Å². The van der Waals surface area contributed by atoms with Crippen LogP contribution in [0.15, 0.2) is 0 Å². The standard InChI is InChI=1S/C12H25NO/c1-4-9-13-12(5-2)10(3)14-11-7-6-8-11/h10-13H,4-9H2,1-3H3. The first-order chi connectivity index (χ1) is 6.77. The molecule has 0 heterocycles. The predicted molar refractivity (Wildman–Crippen MR) is 60.6 cm³/mol. The molecule has 1 fully saturated rings. The summed E-state index contributed by atoms with van der Waals surface area (Å²) in [5.74, 6) is 0. The Labute approximate surface area is 88.4 Å². The minimum atomic E-state index is 0.372. The topological polar surface area (TPSA) is 21.3 Å². The molecule has 14 heavy (non-hydrogen) atoms. The van der Waals surface area contributed by atoms with Crippen LogP contribution in [0.4, 0.5) is 0 Å². The van der Waals surface area contributed by atoms with Crippen LogP contribution in [0.1, 0.15) is 52.9 Å². The van der Waals surface area contributed by atoms with Gasteiger partial charge < -0.3 is 10.1 Å². The van der Waals surface area contributed by atoms with Crippen molar-refractivity contribution in [3.63, 3.8) is 0 Å². The van der Waals surface area contributed by atoms with Crippen LogP contribution in [0.25, 0.3) is 0 Å². The zero-order valence-corrected chi connectivity index (χ0v) is 9.88. The molecule has 1 aliphatic rings. The summed E-state index contributed by atoms with van der Waals surface area (Å²) in [6.45, 7) is 7.75. The highest BCUT2D eigenvalue weighted by Crippen LogP contribution is 2.24. The second-order valence-electron chi connectivity index (χ2n) is 4.36. The maximum Gasteiger partial charge on any atom is 0.0703 e. The Bertz CT molecular complexity index is 145. The summed E-state index contributed by atoms with van der Waals surface area (Å²) in [5.41, 5.74) is 0. The van der Waals surface area contributed by atoms with E-state index in [1.165, 1.54) is 25.7 Å². The summed E-state index contributed by atoms with van der Waals surface area (Å²) in [6, 6.07) is 0.538. The van der Waals surface area contributed by atoms with E-state index in [1.807, 2.05) is 0 Å². The minimum Gasteiger partial charge on any atom is -0.374 e. The largest absolute Gasteiger partial charge is 0.374 e. The molecule has 0 spiro atoms. The molecule has 0 saturated heterocycles. The fourth-order valence-corrected chi connectivity index (χ4v) is 1.88. The number of rotatable bonds is 7. The van der Waals surface area contributed by atoms with Gasteiger partial charge in [-0.15, -0.1) is 0 Å². The summed E-state index contributed by atoms with van der Waals surface area (Å²) in [4.78, 5) is 0. The highest BCUT2D eigenvalue weighted by atomic mass is 16.5. The van der Waals surface area contributed by atoms with E-state index in [0.29, 0.717) is 18.2 Å². The lowest BCUT2D eigenvalue weighted by Gasteiger charge is -2.33. The number of nitrogens with one attached hydrogen (secondary N) is 1. The van der Waals surface area contributed by atoms with E-state index >= 15 is 0 Å². The van der Waals surface area contributed by atoms with Crippen LogP contribution in [0.3, 0.4) is 0 Å². The maximum atomic E-state index is 5.97. The van der Waals surface area contributed by atoms with Gasteiger partial charge in [0.05, 0.1) is 12.2 Å². The van der Waals surface area contributed by atoms with Gasteiger partial charge in [-0.1, -0.05) is 13.8 Å². The van der Waals surface area contributed by atoms with E-state index in [9.17, 15) is 0 Å². The van der Waals surface area contributed by atoms with Crippen LogP contribution in [-0.2, 0) is 4.74 Å². The zero-order valence-electron chi connectivity index (χ0n) is 9.88. The van der Waals surface area contributed by atoms with E-state index in [2.05, 4.69) is 26.1 Å². The van der Waals surface area contributed by atoms with Gasteiger partial charge in [0.15, 0.2) is 0 Å². The third-order valence-corrected chi connectivity index (χ3v) is 3.12. The zero-order chi connectivity index (χ0) is 10.4. The van der Waals surface area contributed by atoms with Gasteiger partial charge in [-0.3, -0.25) is 0 Å². The average Bonchev–Trinajstić information content (AvgIpc) is 2.13. The predicted octanol–water partition coefficient (Wildman–Crippen LogP) is 2.72. The molecular formula is C12H25NO. The summed E-state index contributed by atoms with van der Waals surface area (Å²) in [6.07, 6.45) is 7.19. The Hall–Kier alpha value is -0.0800. The van der Waals surface area contributed by atoms with Crippen molar-refractivity contribution in [2.24, 2.45) is 0 Å². The Balaban J connectivity index is 2.19. The van der Waals surface area contributed by atoms with Crippen LogP contribution >= 0.6 is 0 Å². The Morgan fingerprint density at radius 2 is 2.07 bits per heavy atom. The number of ether oxygens (including phenoxy) is 1. The lowest BCUT2D eigenvalue weighted by atomic mass is 9.95. The van der Waals surface area contributed by atoms with Crippen molar-refractivity contribution in [2.75, 3.05) is 6.54 Å². The molecule has 84 valence electrons. The lowest BCUT2D eigenvalue weighted by molar-refractivity contribution is -0.0580. The van der Waals surface area contributed by atoms with Crippen molar-refractivity contribution < 1.29 is 4.74 Å². The molecule has 0 bridgehead atoms. The first kappa shape index (κ1) is 12.0. The van der Waals surface area contributed by atoms with Gasteiger partial charge in [0, 0.05) is 6.04 Å². The SMILES string of the molecule is CCCNC(CC)C(C)OC1CCC1. The number of hydrogen-bond acceptors (Lipinski definition) is 2. The minimum absolute atomic E-state index is 0.372. The van der Waals surface area contributed by atoms with Gasteiger partial charge in [-0.25, -0.2) is 0 Å². The molecule has 2 atom stereocenters. The molecule has 2 unspecified atom stereocenters. The molecule has 1 N–H and O–H groups in total. The Morgan fingerprint density at radius 1 is 1.36 bits per heavy atom. The van der Waals surface area contributed by atoms with Crippen LogP contribution < -0.4 is 5.32 Å². The molecule has 0 radical (unpaired) electrons. The third-order valence-electron chi connectivity index (χ3n) is 3.12. The lowest BCUT2D eigenvalue weighted by Crippen LogP contribution is -2.42. The molecule has 0 aromatic heterocycles. The second-order valence-corrected chi connectivity index (χ2v) is 4.36. The van der Waals surface area contributed by atoms with Gasteiger partial charge in [0.2, 0.25) is 0 Å².